The van der Waals surface area contributed by atoms with E-state index >= 15 is 0 Å². The minimum Gasteiger partial charge on any atom is -0.340 e. The van der Waals surface area contributed by atoms with Crippen molar-refractivity contribution < 1.29 is 0 Å². The van der Waals surface area contributed by atoms with Gasteiger partial charge in [0.1, 0.15) is 0 Å². The molecule has 3 aromatic rings. The van der Waals surface area contributed by atoms with Gasteiger partial charge in [-0.3, -0.25) is 14.7 Å². The number of hydrogen-bond donors (Lipinski definition) is 1. The van der Waals surface area contributed by atoms with Gasteiger partial charge < -0.3 is 4.90 Å². The van der Waals surface area contributed by atoms with E-state index in [9.17, 15) is 4.79 Å². The Morgan fingerprint density at radius 2 is 1.48 bits per heavy atom. The SMILES string of the molecule is CCCCCCc1c(C)nc(N2CCN(C(c3ccccc3)c3ccccc3)CC2)[nH]c1=O. The molecule has 2 aromatic carbocycles. The summed E-state index contributed by atoms with van der Waals surface area (Å²) in [7, 11) is 0. The van der Waals surface area contributed by atoms with Gasteiger partial charge in [-0.1, -0.05) is 86.8 Å². The van der Waals surface area contributed by atoms with Gasteiger partial charge in [0.2, 0.25) is 5.95 Å². The summed E-state index contributed by atoms with van der Waals surface area (Å²) in [5.41, 5.74) is 4.38. The van der Waals surface area contributed by atoms with Gasteiger partial charge >= 0.3 is 0 Å². The quantitative estimate of drug-likeness (QED) is 0.466. The van der Waals surface area contributed by atoms with E-state index < -0.39 is 0 Å². The molecule has 1 aliphatic rings. The molecule has 0 bridgehead atoms. The average molecular weight is 445 g/mol. The Balaban J connectivity index is 1.46. The van der Waals surface area contributed by atoms with Crippen LogP contribution in [0.15, 0.2) is 65.5 Å². The fourth-order valence-corrected chi connectivity index (χ4v) is 4.84. The minimum atomic E-state index is 0.0304. The van der Waals surface area contributed by atoms with Crippen molar-refractivity contribution in [2.75, 3.05) is 31.1 Å². The molecule has 1 saturated heterocycles. The monoisotopic (exact) mass is 444 g/mol. The highest BCUT2D eigenvalue weighted by atomic mass is 16.1. The molecule has 0 spiro atoms. The molecule has 5 nitrogen and oxygen atoms in total. The summed E-state index contributed by atoms with van der Waals surface area (Å²) in [6.45, 7) is 7.69. The molecule has 2 heterocycles. The van der Waals surface area contributed by atoms with E-state index in [2.05, 4.69) is 82.4 Å². The number of aromatic amines is 1. The molecule has 5 heteroatoms. The van der Waals surface area contributed by atoms with Crippen LogP contribution in [0.2, 0.25) is 0 Å². The first-order valence-corrected chi connectivity index (χ1v) is 12.4. The van der Waals surface area contributed by atoms with Crippen molar-refractivity contribution in [1.29, 1.82) is 0 Å². The topological polar surface area (TPSA) is 52.2 Å². The molecule has 1 aromatic heterocycles. The van der Waals surface area contributed by atoms with Gasteiger partial charge in [0.05, 0.1) is 6.04 Å². The van der Waals surface area contributed by atoms with E-state index in [1.165, 1.54) is 30.4 Å². The van der Waals surface area contributed by atoms with Crippen LogP contribution in [0.5, 0.6) is 0 Å². The van der Waals surface area contributed by atoms with Crippen LogP contribution in [0.3, 0.4) is 0 Å². The molecule has 1 aliphatic heterocycles. The summed E-state index contributed by atoms with van der Waals surface area (Å²) < 4.78 is 0. The summed E-state index contributed by atoms with van der Waals surface area (Å²) >= 11 is 0. The molecule has 0 amide bonds. The van der Waals surface area contributed by atoms with E-state index in [-0.39, 0.29) is 11.6 Å². The first-order valence-electron chi connectivity index (χ1n) is 12.4. The zero-order valence-corrected chi connectivity index (χ0v) is 20.0. The molecule has 0 atom stereocenters. The molecule has 0 unspecified atom stereocenters. The molecule has 0 saturated carbocycles. The van der Waals surface area contributed by atoms with E-state index in [1.54, 1.807) is 0 Å². The van der Waals surface area contributed by atoms with Gasteiger partial charge in [-0.2, -0.15) is 0 Å². The maximum Gasteiger partial charge on any atom is 0.255 e. The number of aromatic nitrogens is 2. The predicted molar refractivity (Wildman–Crippen MR) is 136 cm³/mol. The highest BCUT2D eigenvalue weighted by Crippen LogP contribution is 2.29. The summed E-state index contributed by atoms with van der Waals surface area (Å²) in [4.78, 5) is 25.4. The van der Waals surface area contributed by atoms with Crippen LogP contribution in [-0.4, -0.2) is 41.0 Å². The lowest BCUT2D eigenvalue weighted by molar-refractivity contribution is 0.211. The maximum absolute atomic E-state index is 12.8. The third-order valence-electron chi connectivity index (χ3n) is 6.70. The number of unbranched alkanes of at least 4 members (excludes halogenated alkanes) is 3. The molecule has 1 fully saturated rings. The Morgan fingerprint density at radius 3 is 2.03 bits per heavy atom. The van der Waals surface area contributed by atoms with Gasteiger partial charge in [-0.15, -0.1) is 0 Å². The molecule has 4 rings (SSSR count). The third-order valence-corrected chi connectivity index (χ3v) is 6.70. The van der Waals surface area contributed by atoms with Gasteiger partial charge in [-0.25, -0.2) is 4.98 Å². The van der Waals surface area contributed by atoms with Crippen molar-refractivity contribution >= 4 is 5.95 Å². The molecular weight excluding hydrogens is 408 g/mol. The highest BCUT2D eigenvalue weighted by molar-refractivity contribution is 5.36. The van der Waals surface area contributed by atoms with Gasteiger partial charge in [-0.05, 0) is 30.9 Å². The van der Waals surface area contributed by atoms with Crippen LogP contribution in [0.1, 0.15) is 61.0 Å². The van der Waals surface area contributed by atoms with Crippen molar-refractivity contribution in [3.63, 3.8) is 0 Å². The lowest BCUT2D eigenvalue weighted by Gasteiger charge is -2.40. The number of aryl methyl sites for hydroxylation is 1. The van der Waals surface area contributed by atoms with Crippen LogP contribution in [0, 0.1) is 6.92 Å². The minimum absolute atomic E-state index is 0.0304. The van der Waals surface area contributed by atoms with Crippen molar-refractivity contribution in [2.24, 2.45) is 0 Å². The molecule has 0 aliphatic carbocycles. The lowest BCUT2D eigenvalue weighted by Crippen LogP contribution is -2.48. The standard InChI is InChI=1S/C28H36N4O/c1-3-4-5-12-17-25-22(2)29-28(30-27(25)33)32-20-18-31(19-21-32)26(23-13-8-6-9-14-23)24-15-10-7-11-16-24/h6-11,13-16,26H,3-5,12,17-21H2,1-2H3,(H,29,30,33). The average Bonchev–Trinajstić information content (AvgIpc) is 2.85. The first kappa shape index (κ1) is 23.2. The summed E-state index contributed by atoms with van der Waals surface area (Å²) in [5, 5.41) is 0. The maximum atomic E-state index is 12.8. The first-order chi connectivity index (χ1) is 16.2. The lowest BCUT2D eigenvalue weighted by atomic mass is 9.96. The zero-order chi connectivity index (χ0) is 23.0. The van der Waals surface area contributed by atoms with Crippen LogP contribution < -0.4 is 10.5 Å². The number of benzene rings is 2. The summed E-state index contributed by atoms with van der Waals surface area (Å²) in [6.07, 6.45) is 5.46. The van der Waals surface area contributed by atoms with E-state index in [0.29, 0.717) is 5.95 Å². The Bertz CT molecular complexity index is 1020. The Kier molecular flexibility index (Phi) is 7.95. The second kappa shape index (κ2) is 11.3. The Morgan fingerprint density at radius 1 is 0.879 bits per heavy atom. The zero-order valence-electron chi connectivity index (χ0n) is 20.0. The van der Waals surface area contributed by atoms with Crippen LogP contribution in [0.25, 0.3) is 0 Å². The second-order valence-electron chi connectivity index (χ2n) is 9.01. The largest absolute Gasteiger partial charge is 0.340 e. The number of rotatable bonds is 9. The summed E-state index contributed by atoms with van der Waals surface area (Å²) in [6, 6.07) is 21.7. The highest BCUT2D eigenvalue weighted by Gasteiger charge is 2.27. The second-order valence-corrected chi connectivity index (χ2v) is 9.01. The predicted octanol–water partition coefficient (Wildman–Crippen LogP) is 5.11. The molecular formula is C28H36N4O. The van der Waals surface area contributed by atoms with Crippen LogP contribution in [0.4, 0.5) is 5.95 Å². The number of nitrogens with zero attached hydrogens (tertiary/aromatic N) is 3. The number of piperazine rings is 1. The molecule has 0 radical (unpaired) electrons. The number of anilines is 1. The van der Waals surface area contributed by atoms with Gasteiger partial charge in [0.25, 0.3) is 5.56 Å². The van der Waals surface area contributed by atoms with Crippen molar-refractivity contribution in [1.82, 2.24) is 14.9 Å². The number of hydrogen-bond acceptors (Lipinski definition) is 4. The Labute approximate surface area is 197 Å². The smallest absolute Gasteiger partial charge is 0.255 e. The van der Waals surface area contributed by atoms with E-state index in [4.69, 9.17) is 4.98 Å². The fourth-order valence-electron chi connectivity index (χ4n) is 4.84. The van der Waals surface area contributed by atoms with Crippen LogP contribution in [-0.2, 0) is 6.42 Å². The van der Waals surface area contributed by atoms with Crippen molar-refractivity contribution in [3.05, 3.63) is 93.4 Å². The number of H-pyrrole nitrogens is 1. The summed E-state index contributed by atoms with van der Waals surface area (Å²) in [5.74, 6) is 0.713. The Hall–Kier alpha value is -2.92. The van der Waals surface area contributed by atoms with E-state index in [1.807, 2.05) is 6.92 Å². The fraction of sp³-hybridized carbons (Fsp3) is 0.429. The van der Waals surface area contributed by atoms with Crippen molar-refractivity contribution in [3.8, 4) is 0 Å². The van der Waals surface area contributed by atoms with Crippen molar-refractivity contribution in [2.45, 2.75) is 52.0 Å². The normalized spacial score (nSPS) is 14.7. The molecule has 33 heavy (non-hydrogen) atoms. The van der Waals surface area contributed by atoms with E-state index in [0.717, 1.165) is 50.3 Å². The third kappa shape index (κ3) is 5.72. The molecule has 1 N–H and O–H groups in total. The molecule has 174 valence electrons. The van der Waals surface area contributed by atoms with Gasteiger partial charge in [0.15, 0.2) is 0 Å². The van der Waals surface area contributed by atoms with Gasteiger partial charge in [0, 0.05) is 37.4 Å². The van der Waals surface area contributed by atoms with Crippen LogP contribution >= 0.6 is 0 Å². The number of nitrogens with one attached hydrogen (secondary N) is 1.